The minimum Gasteiger partial charge on any atom is -0.389 e. The first-order valence-electron chi connectivity index (χ1n) is 5.12. The first-order chi connectivity index (χ1) is 5.81. The summed E-state index contributed by atoms with van der Waals surface area (Å²) in [6.45, 7) is 4.16. The van der Waals surface area contributed by atoms with Gasteiger partial charge >= 0.3 is 0 Å². The third-order valence-electron chi connectivity index (χ3n) is 2.02. The van der Waals surface area contributed by atoms with Crippen LogP contribution in [0.15, 0.2) is 12.2 Å². The molecule has 0 spiro atoms. The van der Waals surface area contributed by atoms with Crippen LogP contribution < -0.4 is 0 Å². The Balaban J connectivity index is 3.08. The summed E-state index contributed by atoms with van der Waals surface area (Å²) in [4.78, 5) is 0. The van der Waals surface area contributed by atoms with E-state index in [0.29, 0.717) is 0 Å². The number of hydrogen-bond acceptors (Lipinski definition) is 1. The Morgan fingerprint density at radius 2 is 1.83 bits per heavy atom. The summed E-state index contributed by atoms with van der Waals surface area (Å²) in [5.74, 6) is 0. The summed E-state index contributed by atoms with van der Waals surface area (Å²) in [6, 6.07) is 0. The predicted molar refractivity (Wildman–Crippen MR) is 54.2 cm³/mol. The average molecular weight is 170 g/mol. The molecule has 1 nitrogen and oxygen atoms in total. The molecule has 0 unspecified atom stereocenters. The fourth-order valence-electron chi connectivity index (χ4n) is 1.28. The third-order valence-corrected chi connectivity index (χ3v) is 2.02. The van der Waals surface area contributed by atoms with Gasteiger partial charge in [-0.3, -0.25) is 0 Å². The van der Waals surface area contributed by atoms with Gasteiger partial charge in [0, 0.05) is 0 Å². The molecule has 0 amide bonds. The minimum atomic E-state index is -0.211. The summed E-state index contributed by atoms with van der Waals surface area (Å²) in [5.41, 5.74) is 0. The zero-order chi connectivity index (χ0) is 9.23. The molecule has 0 fully saturated rings. The molecule has 1 N–H and O–H groups in total. The summed E-state index contributed by atoms with van der Waals surface area (Å²) < 4.78 is 0. The molecule has 1 atom stereocenters. The van der Waals surface area contributed by atoms with Crippen LogP contribution in [0.5, 0.6) is 0 Å². The van der Waals surface area contributed by atoms with Gasteiger partial charge < -0.3 is 5.11 Å². The fourth-order valence-corrected chi connectivity index (χ4v) is 1.28. The number of aliphatic hydroxyl groups excluding tert-OH is 1. The highest BCUT2D eigenvalue weighted by Gasteiger charge is 1.97. The third kappa shape index (κ3) is 7.80. The lowest BCUT2D eigenvalue weighted by Gasteiger charge is -2.04. The second kappa shape index (κ2) is 8.79. The number of hydrogen-bond donors (Lipinski definition) is 1. The van der Waals surface area contributed by atoms with E-state index < -0.39 is 0 Å². The molecule has 0 rings (SSSR count). The van der Waals surface area contributed by atoms with Crippen molar-refractivity contribution in [2.45, 2.75) is 58.5 Å². The molecule has 0 radical (unpaired) electrons. The van der Waals surface area contributed by atoms with Crippen LogP contribution in [0.4, 0.5) is 0 Å². The van der Waals surface area contributed by atoms with Gasteiger partial charge in [-0.05, 0) is 13.3 Å². The topological polar surface area (TPSA) is 20.2 Å². The molecule has 0 bridgehead atoms. The molecule has 0 saturated heterocycles. The Kier molecular flexibility index (Phi) is 8.57. The van der Waals surface area contributed by atoms with E-state index in [4.69, 9.17) is 0 Å². The van der Waals surface area contributed by atoms with Gasteiger partial charge in [0.1, 0.15) is 0 Å². The highest BCUT2D eigenvalue weighted by molar-refractivity contribution is 4.84. The standard InChI is InChI=1S/C11H22O/c1-3-5-6-7-8-10-11(12)9-4-2/h4,9,11-12H,3,5-8,10H2,1-2H3/b9-4+/t11-/m1/s1. The lowest BCUT2D eigenvalue weighted by molar-refractivity contribution is 0.208. The van der Waals surface area contributed by atoms with E-state index in [0.717, 1.165) is 12.8 Å². The smallest absolute Gasteiger partial charge is 0.0720 e. The average Bonchev–Trinajstić information content (AvgIpc) is 2.05. The first kappa shape index (κ1) is 11.7. The number of allylic oxidation sites excluding steroid dienone is 1. The maximum absolute atomic E-state index is 9.32. The van der Waals surface area contributed by atoms with Crippen LogP contribution in [-0.4, -0.2) is 11.2 Å². The van der Waals surface area contributed by atoms with Crippen LogP contribution >= 0.6 is 0 Å². The van der Waals surface area contributed by atoms with Gasteiger partial charge in [0.05, 0.1) is 6.10 Å². The summed E-state index contributed by atoms with van der Waals surface area (Å²) >= 11 is 0. The van der Waals surface area contributed by atoms with Crippen molar-refractivity contribution in [3.05, 3.63) is 12.2 Å². The van der Waals surface area contributed by atoms with Crippen molar-refractivity contribution in [2.24, 2.45) is 0 Å². The van der Waals surface area contributed by atoms with Crippen LogP contribution in [0.1, 0.15) is 52.4 Å². The first-order valence-corrected chi connectivity index (χ1v) is 5.12. The maximum atomic E-state index is 9.32. The van der Waals surface area contributed by atoms with Crippen LogP contribution in [0.3, 0.4) is 0 Å². The van der Waals surface area contributed by atoms with E-state index in [9.17, 15) is 5.11 Å². The Morgan fingerprint density at radius 3 is 2.42 bits per heavy atom. The van der Waals surface area contributed by atoms with Crippen molar-refractivity contribution in [2.75, 3.05) is 0 Å². The number of unbranched alkanes of at least 4 members (excludes halogenated alkanes) is 4. The summed E-state index contributed by atoms with van der Waals surface area (Å²) in [5, 5.41) is 9.32. The van der Waals surface area contributed by atoms with Gasteiger partial charge in [0.25, 0.3) is 0 Å². The zero-order valence-electron chi connectivity index (χ0n) is 8.42. The van der Waals surface area contributed by atoms with Gasteiger partial charge in [-0.2, -0.15) is 0 Å². The van der Waals surface area contributed by atoms with E-state index in [1.807, 2.05) is 19.1 Å². The van der Waals surface area contributed by atoms with Gasteiger partial charge in [-0.15, -0.1) is 0 Å². The molecule has 0 aromatic heterocycles. The van der Waals surface area contributed by atoms with Gasteiger partial charge in [0.15, 0.2) is 0 Å². The van der Waals surface area contributed by atoms with Crippen molar-refractivity contribution >= 4 is 0 Å². The van der Waals surface area contributed by atoms with Crippen molar-refractivity contribution in [3.8, 4) is 0 Å². The molecular weight excluding hydrogens is 148 g/mol. The van der Waals surface area contributed by atoms with E-state index in [-0.39, 0.29) is 6.10 Å². The molecule has 0 saturated carbocycles. The summed E-state index contributed by atoms with van der Waals surface area (Å²) in [6.07, 6.45) is 10.9. The molecule has 0 aliphatic carbocycles. The SMILES string of the molecule is C/C=C/[C@@H](O)CCCCCCC. The second-order valence-electron chi connectivity index (χ2n) is 3.30. The van der Waals surface area contributed by atoms with Crippen molar-refractivity contribution in [1.82, 2.24) is 0 Å². The molecule has 0 aliphatic rings. The highest BCUT2D eigenvalue weighted by atomic mass is 16.3. The quantitative estimate of drug-likeness (QED) is 0.459. The van der Waals surface area contributed by atoms with Crippen molar-refractivity contribution < 1.29 is 5.11 Å². The van der Waals surface area contributed by atoms with Crippen molar-refractivity contribution in [1.29, 1.82) is 0 Å². The number of rotatable bonds is 7. The second-order valence-corrected chi connectivity index (χ2v) is 3.30. The Labute approximate surface area is 76.5 Å². The molecule has 0 aromatic carbocycles. The molecule has 72 valence electrons. The van der Waals surface area contributed by atoms with Gasteiger partial charge in [0.2, 0.25) is 0 Å². The summed E-state index contributed by atoms with van der Waals surface area (Å²) in [7, 11) is 0. The van der Waals surface area contributed by atoms with Crippen molar-refractivity contribution in [3.63, 3.8) is 0 Å². The lowest BCUT2D eigenvalue weighted by atomic mass is 10.1. The van der Waals surface area contributed by atoms with Crippen LogP contribution in [-0.2, 0) is 0 Å². The van der Waals surface area contributed by atoms with Gasteiger partial charge in [-0.25, -0.2) is 0 Å². The van der Waals surface area contributed by atoms with Gasteiger partial charge in [-0.1, -0.05) is 51.2 Å². The van der Waals surface area contributed by atoms with Crippen LogP contribution in [0, 0.1) is 0 Å². The Hall–Kier alpha value is -0.300. The molecule has 0 aromatic rings. The fraction of sp³-hybridized carbons (Fsp3) is 0.818. The predicted octanol–water partition coefficient (Wildman–Crippen LogP) is 3.28. The Bertz CT molecular complexity index is 108. The monoisotopic (exact) mass is 170 g/mol. The van der Waals surface area contributed by atoms with E-state index in [1.54, 1.807) is 0 Å². The molecule has 0 aliphatic heterocycles. The minimum absolute atomic E-state index is 0.211. The highest BCUT2D eigenvalue weighted by Crippen LogP contribution is 2.07. The lowest BCUT2D eigenvalue weighted by Crippen LogP contribution is -2.00. The number of aliphatic hydroxyl groups is 1. The molecule has 12 heavy (non-hydrogen) atoms. The molecular formula is C11H22O. The molecule has 1 heteroatoms. The van der Waals surface area contributed by atoms with Crippen LogP contribution in [0.2, 0.25) is 0 Å². The van der Waals surface area contributed by atoms with E-state index in [1.165, 1.54) is 25.7 Å². The largest absolute Gasteiger partial charge is 0.389 e. The van der Waals surface area contributed by atoms with E-state index in [2.05, 4.69) is 6.92 Å². The zero-order valence-corrected chi connectivity index (χ0v) is 8.42. The van der Waals surface area contributed by atoms with Crippen LogP contribution in [0.25, 0.3) is 0 Å². The normalized spacial score (nSPS) is 13.9. The molecule has 0 heterocycles. The van der Waals surface area contributed by atoms with E-state index >= 15 is 0 Å². The maximum Gasteiger partial charge on any atom is 0.0720 e. The Morgan fingerprint density at radius 1 is 1.17 bits per heavy atom.